The Kier molecular flexibility index (Phi) is 6.32. The van der Waals surface area contributed by atoms with Gasteiger partial charge in [-0.3, -0.25) is 0 Å². The molecule has 1 rings (SSSR count). The van der Waals surface area contributed by atoms with Gasteiger partial charge in [-0.15, -0.1) is 0 Å². The Morgan fingerprint density at radius 1 is 1.18 bits per heavy atom. The maximum absolute atomic E-state index is 9.77. The standard InChI is InChI=1S/C11H22O6/c1-3-4-5-16-6-7-8(12)9(13)10(15-2)11(14)17-7/h7-14H,3-6H2,1-2H3/t7-,8-,9+,10+,11+/m1/s1. The van der Waals surface area contributed by atoms with Crippen LogP contribution in [0, 0.1) is 0 Å². The predicted octanol–water partition coefficient (Wildman–Crippen LogP) is -0.743. The lowest BCUT2D eigenvalue weighted by Gasteiger charge is -2.39. The molecule has 0 radical (unpaired) electrons. The van der Waals surface area contributed by atoms with Gasteiger partial charge in [0.1, 0.15) is 24.4 Å². The van der Waals surface area contributed by atoms with Crippen molar-refractivity contribution in [2.75, 3.05) is 20.3 Å². The van der Waals surface area contributed by atoms with E-state index >= 15 is 0 Å². The van der Waals surface area contributed by atoms with Gasteiger partial charge >= 0.3 is 0 Å². The van der Waals surface area contributed by atoms with Crippen molar-refractivity contribution in [3.63, 3.8) is 0 Å². The first-order valence-electron chi connectivity index (χ1n) is 5.92. The first-order chi connectivity index (χ1) is 8.11. The number of unbranched alkanes of at least 4 members (excludes halogenated alkanes) is 1. The van der Waals surface area contributed by atoms with Gasteiger partial charge in [0.05, 0.1) is 6.61 Å². The molecule has 5 atom stereocenters. The van der Waals surface area contributed by atoms with Crippen LogP contribution in [0.2, 0.25) is 0 Å². The van der Waals surface area contributed by atoms with Crippen molar-refractivity contribution < 1.29 is 29.5 Å². The molecular weight excluding hydrogens is 228 g/mol. The second-order valence-corrected chi connectivity index (χ2v) is 4.18. The monoisotopic (exact) mass is 250 g/mol. The van der Waals surface area contributed by atoms with Gasteiger partial charge in [-0.1, -0.05) is 13.3 Å². The molecule has 0 aromatic rings. The first kappa shape index (κ1) is 14.8. The third kappa shape index (κ3) is 3.87. The molecule has 1 aliphatic rings. The molecule has 17 heavy (non-hydrogen) atoms. The van der Waals surface area contributed by atoms with Crippen molar-refractivity contribution in [1.82, 2.24) is 0 Å². The van der Waals surface area contributed by atoms with E-state index in [1.807, 2.05) is 6.92 Å². The highest BCUT2D eigenvalue weighted by Crippen LogP contribution is 2.22. The Labute approximate surface area is 101 Å². The van der Waals surface area contributed by atoms with Crippen molar-refractivity contribution in [1.29, 1.82) is 0 Å². The van der Waals surface area contributed by atoms with Crippen molar-refractivity contribution in [2.24, 2.45) is 0 Å². The lowest BCUT2D eigenvalue weighted by atomic mass is 9.99. The van der Waals surface area contributed by atoms with E-state index in [1.165, 1.54) is 7.11 Å². The van der Waals surface area contributed by atoms with Gasteiger partial charge < -0.3 is 29.5 Å². The van der Waals surface area contributed by atoms with E-state index in [-0.39, 0.29) is 6.61 Å². The molecule has 6 nitrogen and oxygen atoms in total. The van der Waals surface area contributed by atoms with E-state index in [0.29, 0.717) is 6.61 Å². The summed E-state index contributed by atoms with van der Waals surface area (Å²) in [5.41, 5.74) is 0. The van der Waals surface area contributed by atoms with Crippen molar-refractivity contribution in [3.8, 4) is 0 Å². The molecule has 1 fully saturated rings. The van der Waals surface area contributed by atoms with Crippen LogP contribution >= 0.6 is 0 Å². The van der Waals surface area contributed by atoms with Crippen LogP contribution in [-0.4, -0.2) is 66.3 Å². The summed E-state index contributed by atoms with van der Waals surface area (Å²) in [6, 6.07) is 0. The van der Waals surface area contributed by atoms with Crippen LogP contribution in [-0.2, 0) is 14.2 Å². The van der Waals surface area contributed by atoms with Crippen LogP contribution in [0.5, 0.6) is 0 Å². The number of aliphatic hydroxyl groups excluding tert-OH is 3. The minimum Gasteiger partial charge on any atom is -0.387 e. The molecule has 0 aliphatic carbocycles. The summed E-state index contributed by atoms with van der Waals surface area (Å²) in [6.45, 7) is 2.76. The number of hydrogen-bond acceptors (Lipinski definition) is 6. The Morgan fingerprint density at radius 3 is 2.47 bits per heavy atom. The van der Waals surface area contributed by atoms with Crippen LogP contribution in [0.25, 0.3) is 0 Å². The van der Waals surface area contributed by atoms with Gasteiger partial charge in [-0.05, 0) is 6.42 Å². The van der Waals surface area contributed by atoms with E-state index in [9.17, 15) is 15.3 Å². The fourth-order valence-electron chi connectivity index (χ4n) is 1.76. The first-order valence-corrected chi connectivity index (χ1v) is 5.92. The lowest BCUT2D eigenvalue weighted by Crippen LogP contribution is -2.59. The predicted molar refractivity (Wildman–Crippen MR) is 59.4 cm³/mol. The molecule has 0 aromatic heterocycles. The SMILES string of the molecule is CCCCOC[C@H]1O[C@H](O)[C@@H](OC)[C@@H](O)[C@@H]1O. The van der Waals surface area contributed by atoms with Gasteiger partial charge in [-0.2, -0.15) is 0 Å². The molecule has 3 N–H and O–H groups in total. The van der Waals surface area contributed by atoms with Crippen LogP contribution < -0.4 is 0 Å². The lowest BCUT2D eigenvalue weighted by molar-refractivity contribution is -0.293. The summed E-state index contributed by atoms with van der Waals surface area (Å²) in [6.07, 6.45) is -3.27. The zero-order chi connectivity index (χ0) is 12.8. The Hall–Kier alpha value is -0.240. The molecule has 102 valence electrons. The summed E-state index contributed by atoms with van der Waals surface area (Å²) in [7, 11) is 1.34. The summed E-state index contributed by atoms with van der Waals surface area (Å²) >= 11 is 0. The van der Waals surface area contributed by atoms with Crippen LogP contribution in [0.4, 0.5) is 0 Å². The van der Waals surface area contributed by atoms with E-state index in [2.05, 4.69) is 0 Å². The summed E-state index contributed by atoms with van der Waals surface area (Å²) < 4.78 is 15.3. The van der Waals surface area contributed by atoms with Gasteiger partial charge in [0.2, 0.25) is 0 Å². The fourth-order valence-corrected chi connectivity index (χ4v) is 1.76. The van der Waals surface area contributed by atoms with Gasteiger partial charge in [0.25, 0.3) is 0 Å². The maximum Gasteiger partial charge on any atom is 0.184 e. The van der Waals surface area contributed by atoms with Crippen LogP contribution in [0.1, 0.15) is 19.8 Å². The molecule has 1 aliphatic heterocycles. The highest BCUT2D eigenvalue weighted by atomic mass is 16.7. The molecule has 0 spiro atoms. The summed E-state index contributed by atoms with van der Waals surface area (Å²) in [4.78, 5) is 0. The topological polar surface area (TPSA) is 88.4 Å². The highest BCUT2D eigenvalue weighted by Gasteiger charge is 2.44. The van der Waals surface area contributed by atoms with E-state index in [0.717, 1.165) is 12.8 Å². The quantitative estimate of drug-likeness (QED) is 0.538. The third-order valence-electron chi connectivity index (χ3n) is 2.86. The Morgan fingerprint density at radius 2 is 1.88 bits per heavy atom. The van der Waals surface area contributed by atoms with E-state index in [4.69, 9.17) is 14.2 Å². The van der Waals surface area contributed by atoms with Crippen molar-refractivity contribution in [3.05, 3.63) is 0 Å². The number of hydrogen-bond donors (Lipinski definition) is 3. The molecule has 6 heteroatoms. The minimum absolute atomic E-state index is 0.145. The average Bonchev–Trinajstić information content (AvgIpc) is 2.31. The number of aliphatic hydroxyl groups is 3. The number of ether oxygens (including phenoxy) is 3. The Balaban J connectivity index is 2.40. The molecule has 0 bridgehead atoms. The summed E-state index contributed by atoms with van der Waals surface area (Å²) in [5.74, 6) is 0. The highest BCUT2D eigenvalue weighted by molar-refractivity contribution is 4.89. The fraction of sp³-hybridized carbons (Fsp3) is 1.00. The van der Waals surface area contributed by atoms with Crippen molar-refractivity contribution in [2.45, 2.75) is 50.5 Å². The molecule has 0 aromatic carbocycles. The zero-order valence-corrected chi connectivity index (χ0v) is 10.3. The average molecular weight is 250 g/mol. The van der Waals surface area contributed by atoms with Crippen LogP contribution in [0.15, 0.2) is 0 Å². The molecule has 0 unspecified atom stereocenters. The normalized spacial score (nSPS) is 38.3. The summed E-state index contributed by atoms with van der Waals surface area (Å²) in [5, 5.41) is 29.0. The third-order valence-corrected chi connectivity index (χ3v) is 2.86. The number of methoxy groups -OCH3 is 1. The minimum atomic E-state index is -1.25. The van der Waals surface area contributed by atoms with Gasteiger partial charge in [-0.25, -0.2) is 0 Å². The zero-order valence-electron chi connectivity index (χ0n) is 10.3. The Bertz CT molecular complexity index is 212. The maximum atomic E-state index is 9.77. The molecular formula is C11H22O6. The second kappa shape index (κ2) is 7.25. The largest absolute Gasteiger partial charge is 0.387 e. The molecule has 0 saturated carbocycles. The number of rotatable bonds is 6. The van der Waals surface area contributed by atoms with Crippen LogP contribution in [0.3, 0.4) is 0 Å². The molecule has 0 amide bonds. The van der Waals surface area contributed by atoms with E-state index in [1.54, 1.807) is 0 Å². The second-order valence-electron chi connectivity index (χ2n) is 4.18. The van der Waals surface area contributed by atoms with Gasteiger partial charge in [0.15, 0.2) is 6.29 Å². The smallest absolute Gasteiger partial charge is 0.184 e. The molecule has 1 saturated heterocycles. The van der Waals surface area contributed by atoms with Gasteiger partial charge in [0, 0.05) is 13.7 Å². The van der Waals surface area contributed by atoms with Crippen molar-refractivity contribution >= 4 is 0 Å². The molecule has 1 heterocycles. The van der Waals surface area contributed by atoms with E-state index < -0.39 is 30.7 Å².